The molecule has 0 atom stereocenters. The third-order valence-electron chi connectivity index (χ3n) is 2.24. The second kappa shape index (κ2) is 6.80. The van der Waals surface area contributed by atoms with Crippen molar-refractivity contribution in [3.8, 4) is 12.0 Å². The highest BCUT2D eigenvalue weighted by Gasteiger charge is 2.12. The minimum absolute atomic E-state index is 0.371. The van der Waals surface area contributed by atoms with Crippen LogP contribution in [0.15, 0.2) is 0 Å². The maximum absolute atomic E-state index is 5.43. The fourth-order valence-corrected chi connectivity index (χ4v) is 1.35. The van der Waals surface area contributed by atoms with Crippen LogP contribution in [0.4, 0.5) is 0 Å². The summed E-state index contributed by atoms with van der Waals surface area (Å²) in [5, 5.41) is 3.30. The molecule has 0 aromatic heterocycles. The summed E-state index contributed by atoms with van der Waals surface area (Å²) in [5.41, 5.74) is 0. The zero-order valence-corrected chi connectivity index (χ0v) is 8.44. The van der Waals surface area contributed by atoms with Gasteiger partial charge in [0.25, 0.3) is 0 Å². The lowest BCUT2D eigenvalue weighted by atomic mass is 10.1. The van der Waals surface area contributed by atoms with E-state index in [1.807, 2.05) is 0 Å². The second-order valence-electron chi connectivity index (χ2n) is 3.45. The largest absolute Gasteiger partial charge is 0.443 e. The monoisotopic (exact) mass is 181 g/mol. The van der Waals surface area contributed by atoms with Gasteiger partial charge in [0.15, 0.2) is 0 Å². The summed E-state index contributed by atoms with van der Waals surface area (Å²) < 4.78 is 5.43. The average Bonchev–Trinajstić information content (AvgIpc) is 2.19. The molecule has 0 aromatic carbocycles. The number of unbranched alkanes of at least 4 members (excludes halogenated alkanes) is 2. The summed E-state index contributed by atoms with van der Waals surface area (Å²) in [6.45, 7) is 4.32. The van der Waals surface area contributed by atoms with Crippen LogP contribution in [0, 0.1) is 12.0 Å². The van der Waals surface area contributed by atoms with E-state index in [0.717, 1.165) is 32.4 Å². The molecule has 2 heteroatoms. The summed E-state index contributed by atoms with van der Waals surface area (Å²) >= 11 is 0. The summed E-state index contributed by atoms with van der Waals surface area (Å²) in [5.74, 6) is 3.04. The van der Waals surface area contributed by atoms with E-state index in [-0.39, 0.29) is 0 Å². The van der Waals surface area contributed by atoms with Crippen molar-refractivity contribution in [2.75, 3.05) is 13.1 Å². The quantitative estimate of drug-likeness (QED) is 0.530. The summed E-state index contributed by atoms with van der Waals surface area (Å²) in [6.07, 6.45) is 8.75. The van der Waals surface area contributed by atoms with Gasteiger partial charge in [-0.1, -0.05) is 19.3 Å². The predicted octanol–water partition coefficient (Wildman–Crippen LogP) is 1.91. The Morgan fingerprint density at radius 3 is 2.85 bits per heavy atom. The molecule has 1 saturated heterocycles. The molecule has 2 nitrogen and oxygen atoms in total. The highest BCUT2D eigenvalue weighted by Crippen LogP contribution is 2.05. The van der Waals surface area contributed by atoms with Crippen molar-refractivity contribution in [2.24, 2.45) is 0 Å². The molecule has 0 aliphatic carbocycles. The minimum atomic E-state index is 0.371. The molecule has 0 aromatic rings. The molecular formula is C11H19NO. The van der Waals surface area contributed by atoms with Crippen molar-refractivity contribution >= 4 is 0 Å². The topological polar surface area (TPSA) is 21.3 Å². The predicted molar refractivity (Wildman–Crippen MR) is 54.3 cm³/mol. The van der Waals surface area contributed by atoms with Crippen LogP contribution in [0.2, 0.25) is 0 Å². The first-order chi connectivity index (χ1) is 6.43. The van der Waals surface area contributed by atoms with Gasteiger partial charge in [0.2, 0.25) is 0 Å². The molecule has 1 heterocycles. The SMILES string of the molecule is CCCCC#COC1CCNCC1. The van der Waals surface area contributed by atoms with Crippen molar-refractivity contribution in [3.63, 3.8) is 0 Å². The lowest BCUT2D eigenvalue weighted by Crippen LogP contribution is -2.31. The van der Waals surface area contributed by atoms with Crippen LogP contribution >= 0.6 is 0 Å². The van der Waals surface area contributed by atoms with E-state index in [0.29, 0.717) is 6.10 Å². The highest BCUT2D eigenvalue weighted by atomic mass is 16.5. The molecule has 1 N–H and O–H groups in total. The normalized spacial score (nSPS) is 17.6. The van der Waals surface area contributed by atoms with Gasteiger partial charge in [0.1, 0.15) is 12.2 Å². The lowest BCUT2D eigenvalue weighted by molar-refractivity contribution is 0.131. The zero-order valence-electron chi connectivity index (χ0n) is 8.44. The smallest absolute Gasteiger partial charge is 0.113 e. The van der Waals surface area contributed by atoms with Gasteiger partial charge in [0, 0.05) is 6.42 Å². The first kappa shape index (κ1) is 10.4. The van der Waals surface area contributed by atoms with E-state index >= 15 is 0 Å². The molecule has 0 unspecified atom stereocenters. The Bertz CT molecular complexity index is 174. The Kier molecular flexibility index (Phi) is 5.44. The fourth-order valence-electron chi connectivity index (χ4n) is 1.35. The Balaban J connectivity index is 2.04. The van der Waals surface area contributed by atoms with Gasteiger partial charge in [-0.2, -0.15) is 0 Å². The number of hydrogen-bond donors (Lipinski definition) is 1. The molecule has 1 fully saturated rings. The van der Waals surface area contributed by atoms with Crippen LogP contribution in [0.1, 0.15) is 39.0 Å². The third kappa shape index (κ3) is 4.80. The average molecular weight is 181 g/mol. The molecule has 1 aliphatic rings. The van der Waals surface area contributed by atoms with Crippen molar-refractivity contribution in [2.45, 2.75) is 45.1 Å². The Morgan fingerprint density at radius 1 is 1.38 bits per heavy atom. The fraction of sp³-hybridized carbons (Fsp3) is 0.818. The maximum Gasteiger partial charge on any atom is 0.113 e. The number of nitrogens with one attached hydrogen (secondary N) is 1. The van der Waals surface area contributed by atoms with Crippen molar-refractivity contribution < 1.29 is 4.74 Å². The number of piperidine rings is 1. The Morgan fingerprint density at radius 2 is 2.15 bits per heavy atom. The van der Waals surface area contributed by atoms with Crippen molar-refractivity contribution in [1.82, 2.24) is 5.32 Å². The van der Waals surface area contributed by atoms with Gasteiger partial charge in [0.05, 0.1) is 0 Å². The molecule has 0 spiro atoms. The number of rotatable bonds is 3. The number of ether oxygens (including phenoxy) is 1. The molecule has 0 saturated carbocycles. The molecule has 0 amide bonds. The second-order valence-corrected chi connectivity index (χ2v) is 3.45. The van der Waals surface area contributed by atoms with E-state index in [1.165, 1.54) is 12.8 Å². The summed E-state index contributed by atoms with van der Waals surface area (Å²) in [6, 6.07) is 0. The zero-order chi connectivity index (χ0) is 9.36. The molecule has 1 aliphatic heterocycles. The molecule has 0 radical (unpaired) electrons. The van der Waals surface area contributed by atoms with Crippen molar-refractivity contribution in [1.29, 1.82) is 0 Å². The van der Waals surface area contributed by atoms with Crippen LogP contribution in [0.3, 0.4) is 0 Å². The first-order valence-corrected chi connectivity index (χ1v) is 5.27. The van der Waals surface area contributed by atoms with Gasteiger partial charge in [-0.15, -0.1) is 0 Å². The third-order valence-corrected chi connectivity index (χ3v) is 2.24. The highest BCUT2D eigenvalue weighted by molar-refractivity contribution is 4.92. The standard InChI is InChI=1S/C11H19NO/c1-2-3-4-5-10-13-11-6-8-12-9-7-11/h11-12H,2-4,6-9H2,1H3. The van der Waals surface area contributed by atoms with E-state index < -0.39 is 0 Å². The van der Waals surface area contributed by atoms with Gasteiger partial charge in [-0.3, -0.25) is 0 Å². The lowest BCUT2D eigenvalue weighted by Gasteiger charge is -2.20. The molecule has 13 heavy (non-hydrogen) atoms. The molecular weight excluding hydrogens is 162 g/mol. The van der Waals surface area contributed by atoms with E-state index in [1.54, 1.807) is 0 Å². The first-order valence-electron chi connectivity index (χ1n) is 5.27. The molecule has 1 rings (SSSR count). The Labute approximate surface area is 81.0 Å². The van der Waals surface area contributed by atoms with Crippen LogP contribution < -0.4 is 5.32 Å². The van der Waals surface area contributed by atoms with Crippen molar-refractivity contribution in [3.05, 3.63) is 0 Å². The van der Waals surface area contributed by atoms with Gasteiger partial charge >= 0.3 is 0 Å². The van der Waals surface area contributed by atoms with Crippen LogP contribution in [-0.2, 0) is 4.74 Å². The van der Waals surface area contributed by atoms with E-state index in [9.17, 15) is 0 Å². The van der Waals surface area contributed by atoms with Crippen LogP contribution in [-0.4, -0.2) is 19.2 Å². The van der Waals surface area contributed by atoms with Crippen LogP contribution in [0.25, 0.3) is 0 Å². The summed E-state index contributed by atoms with van der Waals surface area (Å²) in [4.78, 5) is 0. The minimum Gasteiger partial charge on any atom is -0.443 e. The molecule has 0 bridgehead atoms. The maximum atomic E-state index is 5.43. The Hall–Kier alpha value is -0.680. The van der Waals surface area contributed by atoms with Gasteiger partial charge in [-0.25, -0.2) is 0 Å². The summed E-state index contributed by atoms with van der Waals surface area (Å²) in [7, 11) is 0. The van der Waals surface area contributed by atoms with Crippen LogP contribution in [0.5, 0.6) is 0 Å². The van der Waals surface area contributed by atoms with E-state index in [4.69, 9.17) is 4.74 Å². The van der Waals surface area contributed by atoms with E-state index in [2.05, 4.69) is 24.3 Å². The van der Waals surface area contributed by atoms with Gasteiger partial charge < -0.3 is 10.1 Å². The van der Waals surface area contributed by atoms with Gasteiger partial charge in [-0.05, 0) is 32.4 Å². The number of hydrogen-bond acceptors (Lipinski definition) is 2. The molecule has 74 valence electrons.